The number of benzene rings is 3. The van der Waals surface area contributed by atoms with Crippen molar-refractivity contribution in [1.82, 2.24) is 14.7 Å². The fourth-order valence-corrected chi connectivity index (χ4v) is 6.58. The van der Waals surface area contributed by atoms with Gasteiger partial charge in [0.25, 0.3) is 5.91 Å². The van der Waals surface area contributed by atoms with Gasteiger partial charge in [-0.3, -0.25) is 14.4 Å². The number of fused-ring (bicyclic) bond motifs is 4. The first kappa shape index (κ1) is 28.8. The van der Waals surface area contributed by atoms with Crippen LogP contribution in [0.4, 0.5) is 0 Å². The Labute approximate surface area is 251 Å². The smallest absolute Gasteiger partial charge is 0.251 e. The van der Waals surface area contributed by atoms with Crippen LogP contribution in [0.25, 0.3) is 10.9 Å². The van der Waals surface area contributed by atoms with Gasteiger partial charge < -0.3 is 14.4 Å². The van der Waals surface area contributed by atoms with Crippen molar-refractivity contribution in [2.24, 2.45) is 11.8 Å². The second-order valence-corrected chi connectivity index (χ2v) is 11.8. The molecule has 43 heavy (non-hydrogen) atoms. The predicted molar refractivity (Wildman–Crippen MR) is 164 cm³/mol. The summed E-state index contributed by atoms with van der Waals surface area (Å²) < 4.78 is 11.8. The summed E-state index contributed by atoms with van der Waals surface area (Å²) in [7, 11) is 3.21. The molecule has 0 unspecified atom stereocenters. The lowest BCUT2D eigenvalue weighted by Crippen LogP contribution is -2.47. The largest absolute Gasteiger partial charge is 0.497 e. The summed E-state index contributed by atoms with van der Waals surface area (Å²) in [5.74, 6) is 2.13. The number of hydrogen-bond acceptors (Lipinski definition) is 7. The van der Waals surface area contributed by atoms with Gasteiger partial charge >= 0.3 is 0 Å². The zero-order chi connectivity index (χ0) is 29.9. The van der Waals surface area contributed by atoms with Crippen molar-refractivity contribution in [3.05, 3.63) is 89.1 Å². The summed E-state index contributed by atoms with van der Waals surface area (Å²) in [5.41, 5.74) is 3.44. The third-order valence-corrected chi connectivity index (χ3v) is 8.96. The Morgan fingerprint density at radius 3 is 1.95 bits per heavy atom. The van der Waals surface area contributed by atoms with Crippen LogP contribution in [0.1, 0.15) is 51.2 Å². The molecule has 1 aromatic heterocycles. The van der Waals surface area contributed by atoms with Crippen molar-refractivity contribution in [2.45, 2.75) is 38.5 Å². The van der Waals surface area contributed by atoms with Crippen molar-refractivity contribution < 1.29 is 23.9 Å². The van der Waals surface area contributed by atoms with E-state index in [0.717, 1.165) is 60.7 Å². The van der Waals surface area contributed by atoms with E-state index >= 15 is 0 Å². The van der Waals surface area contributed by atoms with Crippen LogP contribution in [0.15, 0.2) is 66.7 Å². The number of methoxy groups -OCH3 is 2. The molecular formula is C35H37N3O5. The molecule has 8 heteroatoms. The third kappa shape index (κ3) is 6.39. The Balaban J connectivity index is 1.26. The molecular weight excluding hydrogens is 542 g/mol. The van der Waals surface area contributed by atoms with Crippen LogP contribution < -0.4 is 9.47 Å². The second-order valence-electron chi connectivity index (χ2n) is 11.8. The van der Waals surface area contributed by atoms with E-state index in [1.165, 1.54) is 4.68 Å². The molecule has 7 rings (SSSR count). The molecule has 3 aromatic carbocycles. The van der Waals surface area contributed by atoms with Crippen LogP contribution >= 0.6 is 0 Å². The summed E-state index contributed by atoms with van der Waals surface area (Å²) in [6.07, 6.45) is 3.34. The van der Waals surface area contributed by atoms with E-state index in [4.69, 9.17) is 9.47 Å². The van der Waals surface area contributed by atoms with E-state index in [9.17, 15) is 14.4 Å². The summed E-state index contributed by atoms with van der Waals surface area (Å²) in [4.78, 5) is 42.8. The fraction of sp³-hybridized carbons (Fsp3) is 0.371. The first-order valence-corrected chi connectivity index (χ1v) is 15.0. The van der Waals surface area contributed by atoms with Gasteiger partial charge in [-0.2, -0.15) is 9.78 Å². The normalized spacial score (nSPS) is 19.3. The molecule has 0 N–H and O–H groups in total. The summed E-state index contributed by atoms with van der Waals surface area (Å²) in [5, 5.41) is 5.26. The average Bonchev–Trinajstić information content (AvgIpc) is 3.41. The maximum Gasteiger partial charge on any atom is 0.251 e. The van der Waals surface area contributed by atoms with Crippen molar-refractivity contribution in [2.75, 3.05) is 33.9 Å². The van der Waals surface area contributed by atoms with Crippen LogP contribution in [0.2, 0.25) is 0 Å². The molecule has 222 valence electrons. The van der Waals surface area contributed by atoms with Crippen molar-refractivity contribution in [1.29, 1.82) is 0 Å². The molecule has 2 bridgehead atoms. The van der Waals surface area contributed by atoms with Crippen LogP contribution in [0.5, 0.6) is 11.5 Å². The summed E-state index contributed by atoms with van der Waals surface area (Å²) in [6.45, 7) is 3.16. The van der Waals surface area contributed by atoms with E-state index in [1.54, 1.807) is 14.2 Å². The quantitative estimate of drug-likeness (QED) is 0.226. The highest BCUT2D eigenvalue weighted by molar-refractivity contribution is 6.08. The minimum Gasteiger partial charge on any atom is -0.497 e. The van der Waals surface area contributed by atoms with Gasteiger partial charge in [-0.1, -0.05) is 30.3 Å². The van der Waals surface area contributed by atoms with Crippen LogP contribution in [-0.4, -0.2) is 66.0 Å². The first-order chi connectivity index (χ1) is 20.9. The Morgan fingerprint density at radius 1 is 0.791 bits per heavy atom. The molecule has 3 aliphatic heterocycles. The number of piperidine rings is 3. The standard InChI is InChI=1S/C35H37N3O5/c1-42-29-8-3-23(4-9-29)17-28(39)18-25-7-12-32-31(19-25)35(33(40)21-27-22-37-15-13-26(27)14-16-37)36-38(32)34(41)20-24-5-10-30(43-2)11-6-24/h3-12,19,26-27H,13-18,20-22H2,1-2H3/t27-/m1/s1. The van der Waals surface area contributed by atoms with Crippen LogP contribution in [0.3, 0.4) is 0 Å². The third-order valence-electron chi connectivity index (χ3n) is 8.96. The number of Topliss-reactive ketones (excluding diaryl/α,β-unsaturated/α-hetero) is 2. The van der Waals surface area contributed by atoms with Crippen LogP contribution in [-0.2, 0) is 24.1 Å². The van der Waals surface area contributed by atoms with E-state index < -0.39 is 0 Å². The van der Waals surface area contributed by atoms with Gasteiger partial charge in [-0.05, 0) is 90.9 Å². The predicted octanol–water partition coefficient (Wildman–Crippen LogP) is 5.21. The molecule has 0 saturated carbocycles. The van der Waals surface area contributed by atoms with Gasteiger partial charge in [0.15, 0.2) is 5.78 Å². The molecule has 0 radical (unpaired) electrons. The average molecular weight is 580 g/mol. The van der Waals surface area contributed by atoms with E-state index in [2.05, 4.69) is 10.00 Å². The van der Waals surface area contributed by atoms with E-state index in [-0.39, 0.29) is 30.3 Å². The molecule has 4 heterocycles. The summed E-state index contributed by atoms with van der Waals surface area (Å²) in [6, 6.07) is 20.4. The second kappa shape index (κ2) is 12.5. The molecule has 3 fully saturated rings. The van der Waals surface area contributed by atoms with Crippen LogP contribution in [0, 0.1) is 11.8 Å². The molecule has 4 aromatic rings. The molecule has 1 atom stereocenters. The highest BCUT2D eigenvalue weighted by atomic mass is 16.5. The van der Waals surface area contributed by atoms with Gasteiger partial charge in [-0.25, -0.2) is 0 Å². The number of aromatic nitrogens is 2. The molecule has 8 nitrogen and oxygen atoms in total. The SMILES string of the molecule is COc1ccc(CC(=O)Cc2ccc3c(c2)c(C(=O)C[C@@H]2CN4CCC2CC4)nn3C(=O)Cc2ccc(OC)cc2)cc1. The summed E-state index contributed by atoms with van der Waals surface area (Å²) >= 11 is 0. The first-order valence-electron chi connectivity index (χ1n) is 15.0. The van der Waals surface area contributed by atoms with E-state index in [1.807, 2.05) is 66.7 Å². The van der Waals surface area contributed by atoms with Gasteiger partial charge in [0.1, 0.15) is 23.0 Å². The molecule has 3 aliphatic rings. The Kier molecular flexibility index (Phi) is 8.38. The van der Waals surface area contributed by atoms with E-state index in [0.29, 0.717) is 41.3 Å². The zero-order valence-electron chi connectivity index (χ0n) is 24.8. The number of carbonyl (C=O) groups excluding carboxylic acids is 3. The van der Waals surface area contributed by atoms with Crippen molar-refractivity contribution >= 4 is 28.4 Å². The van der Waals surface area contributed by atoms with Crippen molar-refractivity contribution in [3.8, 4) is 11.5 Å². The topological polar surface area (TPSA) is 90.7 Å². The minimum absolute atomic E-state index is 0.0403. The number of carbonyl (C=O) groups is 3. The molecule has 0 amide bonds. The zero-order valence-corrected chi connectivity index (χ0v) is 24.8. The van der Waals surface area contributed by atoms with Gasteiger partial charge in [-0.15, -0.1) is 0 Å². The van der Waals surface area contributed by atoms with Gasteiger partial charge in [0.05, 0.1) is 26.2 Å². The highest BCUT2D eigenvalue weighted by Gasteiger charge is 2.36. The molecule has 0 spiro atoms. The number of hydrogen-bond donors (Lipinski definition) is 0. The minimum atomic E-state index is -0.222. The number of nitrogens with zero attached hydrogens (tertiary/aromatic N) is 3. The Bertz CT molecular complexity index is 1630. The monoisotopic (exact) mass is 579 g/mol. The fourth-order valence-electron chi connectivity index (χ4n) is 6.58. The molecule has 3 saturated heterocycles. The lowest BCUT2D eigenvalue weighted by atomic mass is 9.76. The Morgan fingerprint density at radius 2 is 1.37 bits per heavy atom. The maximum absolute atomic E-state index is 13.8. The Hall–Kier alpha value is -4.30. The number of ketones is 2. The lowest BCUT2D eigenvalue weighted by molar-refractivity contribution is -0.117. The maximum atomic E-state index is 13.8. The molecule has 0 aliphatic carbocycles. The number of ether oxygens (including phenoxy) is 2. The highest BCUT2D eigenvalue weighted by Crippen LogP contribution is 2.35. The number of rotatable bonds is 11. The van der Waals surface area contributed by atoms with Gasteiger partial charge in [0.2, 0.25) is 0 Å². The van der Waals surface area contributed by atoms with Gasteiger partial charge in [0, 0.05) is 31.2 Å². The van der Waals surface area contributed by atoms with Crippen molar-refractivity contribution in [3.63, 3.8) is 0 Å². The lowest BCUT2D eigenvalue weighted by Gasteiger charge is -2.44.